The predicted octanol–water partition coefficient (Wildman–Crippen LogP) is 12.1. The van der Waals surface area contributed by atoms with Gasteiger partial charge in [-0.2, -0.15) is 0 Å². The van der Waals surface area contributed by atoms with Crippen LogP contribution < -0.4 is 0 Å². The minimum Gasteiger partial charge on any atom is -0.507 e. The number of para-hydroxylation sites is 1. The normalized spacial score (nSPS) is 12.9. The summed E-state index contributed by atoms with van der Waals surface area (Å²) in [5, 5.41) is 14.7. The maximum Gasteiger partial charge on any atom is 0.128 e. The molecule has 46 heavy (non-hydrogen) atoms. The molecule has 4 heteroatoms. The zero-order valence-electron chi connectivity index (χ0n) is 28.5. The van der Waals surface area contributed by atoms with E-state index in [0.717, 1.165) is 43.2 Å². The van der Waals surface area contributed by atoms with Crippen LogP contribution in [0.5, 0.6) is 5.75 Å². The molecule has 0 saturated heterocycles. The van der Waals surface area contributed by atoms with Crippen LogP contribution >= 0.6 is 11.3 Å². The number of fused-ring (bicyclic) bond motifs is 2. The van der Waals surface area contributed by atoms with E-state index in [4.69, 9.17) is 9.98 Å². The highest BCUT2D eigenvalue weighted by atomic mass is 32.1. The molecule has 0 aliphatic rings. The number of phenols is 1. The van der Waals surface area contributed by atoms with E-state index in [1.807, 2.05) is 24.4 Å². The molecule has 6 rings (SSSR count). The van der Waals surface area contributed by atoms with Gasteiger partial charge in [-0.3, -0.25) is 4.99 Å². The van der Waals surface area contributed by atoms with E-state index in [0.29, 0.717) is 0 Å². The number of nitrogens with zero attached hydrogens (tertiary/aromatic N) is 2. The zero-order chi connectivity index (χ0) is 33.0. The van der Waals surface area contributed by atoms with Crippen molar-refractivity contribution >= 4 is 44.2 Å². The van der Waals surface area contributed by atoms with Crippen LogP contribution in [-0.4, -0.2) is 16.3 Å². The van der Waals surface area contributed by atoms with Gasteiger partial charge in [-0.25, -0.2) is 4.98 Å². The molecule has 0 spiro atoms. The van der Waals surface area contributed by atoms with E-state index in [2.05, 4.69) is 135 Å². The Kier molecular flexibility index (Phi) is 7.93. The molecule has 0 saturated carbocycles. The number of aliphatic imine (C=N–C) groups is 1. The van der Waals surface area contributed by atoms with Crippen molar-refractivity contribution in [2.24, 2.45) is 4.99 Å². The smallest absolute Gasteiger partial charge is 0.128 e. The fraction of sp³-hybridized carbons (Fsp3) is 0.286. The van der Waals surface area contributed by atoms with Gasteiger partial charge >= 0.3 is 0 Å². The molecule has 234 valence electrons. The average molecular weight is 625 g/mol. The van der Waals surface area contributed by atoms with Crippen LogP contribution in [0.1, 0.15) is 84.6 Å². The fourth-order valence-electron chi connectivity index (χ4n) is 5.82. The first-order chi connectivity index (χ1) is 21.6. The molecule has 0 amide bonds. The molecule has 1 heterocycles. The van der Waals surface area contributed by atoms with Crippen molar-refractivity contribution in [1.29, 1.82) is 0 Å². The van der Waals surface area contributed by atoms with Gasteiger partial charge in [-0.15, -0.1) is 11.3 Å². The first-order valence-corrected chi connectivity index (χ1v) is 16.9. The summed E-state index contributed by atoms with van der Waals surface area (Å²) in [5.41, 5.74) is 8.95. The first kappa shape index (κ1) is 31.7. The van der Waals surface area contributed by atoms with E-state index in [-0.39, 0.29) is 22.0 Å². The summed E-state index contributed by atoms with van der Waals surface area (Å²) in [4.78, 5) is 10.3. The van der Waals surface area contributed by atoms with E-state index >= 15 is 0 Å². The number of benzene rings is 5. The van der Waals surface area contributed by atoms with Crippen LogP contribution in [0.25, 0.3) is 42.7 Å². The lowest BCUT2D eigenvalue weighted by Crippen LogP contribution is -2.17. The number of aromatic hydroxyl groups is 1. The van der Waals surface area contributed by atoms with Gasteiger partial charge in [-0.1, -0.05) is 117 Å². The predicted molar refractivity (Wildman–Crippen MR) is 199 cm³/mol. The van der Waals surface area contributed by atoms with Gasteiger partial charge in [0.1, 0.15) is 10.8 Å². The molecule has 5 aromatic carbocycles. The Hall–Kier alpha value is -4.28. The Morgan fingerprint density at radius 2 is 1.30 bits per heavy atom. The Bertz CT molecular complexity index is 2110. The summed E-state index contributed by atoms with van der Waals surface area (Å²) in [7, 11) is 0. The van der Waals surface area contributed by atoms with Gasteiger partial charge in [0.2, 0.25) is 0 Å². The van der Waals surface area contributed by atoms with Crippen molar-refractivity contribution in [2.75, 3.05) is 0 Å². The second-order valence-electron chi connectivity index (χ2n) is 15.4. The number of thiazole rings is 1. The zero-order valence-corrected chi connectivity index (χ0v) is 29.3. The third-order valence-electron chi connectivity index (χ3n) is 8.71. The van der Waals surface area contributed by atoms with Gasteiger partial charge in [-0.05, 0) is 80.1 Å². The highest BCUT2D eigenvalue weighted by Gasteiger charge is 2.25. The summed E-state index contributed by atoms with van der Waals surface area (Å²) in [6.45, 7) is 19.8. The Labute approximate surface area is 277 Å². The van der Waals surface area contributed by atoms with Gasteiger partial charge < -0.3 is 5.11 Å². The van der Waals surface area contributed by atoms with E-state index in [1.54, 1.807) is 11.3 Å². The van der Waals surface area contributed by atoms with Crippen molar-refractivity contribution in [3.05, 3.63) is 113 Å². The lowest BCUT2D eigenvalue weighted by atomic mass is 9.79. The van der Waals surface area contributed by atoms with E-state index in [1.165, 1.54) is 27.5 Å². The van der Waals surface area contributed by atoms with Crippen LogP contribution in [0.4, 0.5) is 5.69 Å². The van der Waals surface area contributed by atoms with Crippen molar-refractivity contribution in [2.45, 2.75) is 78.6 Å². The summed E-state index contributed by atoms with van der Waals surface area (Å²) >= 11 is 1.71. The van der Waals surface area contributed by atoms with E-state index in [9.17, 15) is 5.11 Å². The SMILES string of the molecule is CC(C)(C)c1cc(C=Nc2ccccc2-c2nc3c(-c4ccc5ccccc5c4)cc(C(C)(C)C)cc3s2)c(O)c(C(C)(C)C)c1. The fourth-order valence-corrected chi connectivity index (χ4v) is 6.89. The highest BCUT2D eigenvalue weighted by Crippen LogP contribution is 2.42. The molecule has 0 radical (unpaired) electrons. The molecule has 0 aliphatic heterocycles. The Morgan fingerprint density at radius 1 is 0.652 bits per heavy atom. The van der Waals surface area contributed by atoms with Crippen LogP contribution in [0, 0.1) is 0 Å². The first-order valence-electron chi connectivity index (χ1n) is 16.1. The van der Waals surface area contributed by atoms with Gasteiger partial charge in [0.25, 0.3) is 0 Å². The molecule has 0 unspecified atom stereocenters. The molecule has 0 aliphatic carbocycles. The van der Waals surface area contributed by atoms with Gasteiger partial charge in [0.15, 0.2) is 0 Å². The third-order valence-corrected chi connectivity index (χ3v) is 9.75. The maximum atomic E-state index is 11.4. The van der Waals surface area contributed by atoms with Crippen LogP contribution in [0.2, 0.25) is 0 Å². The summed E-state index contributed by atoms with van der Waals surface area (Å²) < 4.78 is 1.16. The van der Waals surface area contributed by atoms with E-state index < -0.39 is 0 Å². The Morgan fingerprint density at radius 3 is 2.00 bits per heavy atom. The number of phenolic OH excluding ortho intramolecular Hbond substituents is 1. The van der Waals surface area contributed by atoms with Gasteiger partial charge in [0, 0.05) is 28.5 Å². The minimum atomic E-state index is -0.207. The van der Waals surface area contributed by atoms with Crippen LogP contribution in [-0.2, 0) is 16.2 Å². The van der Waals surface area contributed by atoms with Crippen molar-refractivity contribution < 1.29 is 5.11 Å². The summed E-state index contributed by atoms with van der Waals surface area (Å²) in [6.07, 6.45) is 1.81. The quantitative estimate of drug-likeness (QED) is 0.198. The molecule has 1 N–H and O–H groups in total. The van der Waals surface area contributed by atoms with Crippen LogP contribution in [0.15, 0.2) is 96.0 Å². The summed E-state index contributed by atoms with van der Waals surface area (Å²) in [6, 6.07) is 32.2. The number of aromatic nitrogens is 1. The average Bonchev–Trinajstić information content (AvgIpc) is 3.42. The lowest BCUT2D eigenvalue weighted by Gasteiger charge is -2.27. The molecule has 0 bridgehead atoms. The maximum absolute atomic E-state index is 11.4. The van der Waals surface area contributed by atoms with Gasteiger partial charge in [0.05, 0.1) is 15.9 Å². The second-order valence-corrected chi connectivity index (χ2v) is 16.5. The molecule has 1 aromatic heterocycles. The molecular formula is C42H44N2OS. The summed E-state index contributed by atoms with van der Waals surface area (Å²) in [5.74, 6) is 0.288. The van der Waals surface area contributed by atoms with Crippen molar-refractivity contribution in [3.63, 3.8) is 0 Å². The molecular weight excluding hydrogens is 581 g/mol. The topological polar surface area (TPSA) is 45.5 Å². The van der Waals surface area contributed by atoms with Crippen molar-refractivity contribution in [1.82, 2.24) is 4.98 Å². The highest BCUT2D eigenvalue weighted by molar-refractivity contribution is 7.21. The van der Waals surface area contributed by atoms with Crippen LogP contribution in [0.3, 0.4) is 0 Å². The monoisotopic (exact) mass is 624 g/mol. The minimum absolute atomic E-state index is 0.0123. The largest absolute Gasteiger partial charge is 0.507 e. The van der Waals surface area contributed by atoms with Crippen molar-refractivity contribution in [3.8, 4) is 27.4 Å². The molecule has 0 fully saturated rings. The Balaban J connectivity index is 1.49. The number of hydrogen-bond donors (Lipinski definition) is 1. The number of rotatable bonds is 4. The molecule has 3 nitrogen and oxygen atoms in total. The third kappa shape index (κ3) is 6.24. The number of hydrogen-bond acceptors (Lipinski definition) is 4. The second kappa shape index (κ2) is 11.5. The molecule has 0 atom stereocenters. The standard InChI is InChI=1S/C42H44N2OS/c1-40(2,3)30-21-29(38(45)34(23-30)42(7,8)9)25-43-35-17-13-12-16-32(35)39-44-37-33(22-31(41(4,5)6)24-36(37)46-39)28-19-18-26-14-10-11-15-27(26)20-28/h10-25,45H,1-9H3. The lowest BCUT2D eigenvalue weighted by molar-refractivity contribution is 0.444. The molecule has 6 aromatic rings.